The molecule has 62 valence electrons. The third kappa shape index (κ3) is 0.887. The average Bonchev–Trinajstić information content (AvgIpc) is 2.50. The topological polar surface area (TPSA) is 49.1 Å². The molecule has 0 bridgehead atoms. The molecule has 0 aromatic carbocycles. The molecule has 12 heavy (non-hydrogen) atoms. The highest BCUT2D eigenvalue weighted by atomic mass is 16.5. The molecule has 0 saturated heterocycles. The van der Waals surface area contributed by atoms with E-state index in [1.165, 1.54) is 6.20 Å². The first-order chi connectivity index (χ1) is 5.81. The Hall–Kier alpha value is -1.71. The molecule has 2 rings (SSSR count). The van der Waals surface area contributed by atoms with Gasteiger partial charge in [0.2, 0.25) is 6.20 Å². The third-order valence-electron chi connectivity index (χ3n) is 1.78. The minimum Gasteiger partial charge on any atom is -0.490 e. The lowest BCUT2D eigenvalue weighted by atomic mass is 10.3. The zero-order valence-electron chi connectivity index (χ0n) is 6.61. The van der Waals surface area contributed by atoms with Gasteiger partial charge in [-0.05, 0) is 6.07 Å². The van der Waals surface area contributed by atoms with Gasteiger partial charge in [-0.2, -0.15) is 0 Å². The minimum absolute atomic E-state index is 0.649. The summed E-state index contributed by atoms with van der Waals surface area (Å²) in [5.74, 6) is 0.649. The van der Waals surface area contributed by atoms with E-state index in [1.54, 1.807) is 19.5 Å². The van der Waals surface area contributed by atoms with E-state index >= 15 is 0 Å². The maximum absolute atomic E-state index is 9.18. The SMILES string of the molecule is COc1c[n+](O)cc2[nH]ccc12. The Balaban J connectivity index is 2.80. The first-order valence-corrected chi connectivity index (χ1v) is 3.57. The van der Waals surface area contributed by atoms with Crippen LogP contribution in [0.3, 0.4) is 0 Å². The van der Waals surface area contributed by atoms with Gasteiger partial charge in [-0.1, -0.05) is 0 Å². The summed E-state index contributed by atoms with van der Waals surface area (Å²) in [4.78, 5) is 2.97. The molecule has 0 radical (unpaired) electrons. The highest BCUT2D eigenvalue weighted by Crippen LogP contribution is 2.21. The summed E-state index contributed by atoms with van der Waals surface area (Å²) in [7, 11) is 1.57. The van der Waals surface area contributed by atoms with Gasteiger partial charge in [-0.15, -0.1) is 0 Å². The van der Waals surface area contributed by atoms with E-state index in [-0.39, 0.29) is 0 Å². The van der Waals surface area contributed by atoms with Gasteiger partial charge in [-0.3, -0.25) is 5.21 Å². The molecular formula is C8H9N2O2+. The van der Waals surface area contributed by atoms with Crippen LogP contribution in [0.15, 0.2) is 24.7 Å². The molecule has 2 aromatic rings. The Labute approximate surface area is 69.0 Å². The Bertz CT molecular complexity index is 408. The van der Waals surface area contributed by atoms with Crippen molar-refractivity contribution in [3.63, 3.8) is 0 Å². The van der Waals surface area contributed by atoms with Crippen molar-refractivity contribution in [2.45, 2.75) is 0 Å². The first-order valence-electron chi connectivity index (χ1n) is 3.57. The standard InChI is InChI=1S/C8H8N2O2/c1-12-8-5-10(11)4-7-6(8)2-3-9-7/h2-5,11H,1H3/p+1. The van der Waals surface area contributed by atoms with E-state index in [9.17, 15) is 5.21 Å². The van der Waals surface area contributed by atoms with Crippen molar-refractivity contribution in [3.8, 4) is 5.75 Å². The van der Waals surface area contributed by atoms with Crippen LogP contribution in [0.2, 0.25) is 0 Å². The number of ether oxygens (including phenoxy) is 1. The van der Waals surface area contributed by atoms with E-state index in [0.29, 0.717) is 5.75 Å². The molecule has 0 spiro atoms. The summed E-state index contributed by atoms with van der Waals surface area (Å²) in [6.07, 6.45) is 4.89. The molecule has 0 aliphatic heterocycles. The third-order valence-corrected chi connectivity index (χ3v) is 1.78. The Morgan fingerprint density at radius 1 is 1.50 bits per heavy atom. The van der Waals surface area contributed by atoms with Crippen LogP contribution in [0, 0.1) is 0 Å². The minimum atomic E-state index is 0.649. The number of fused-ring (bicyclic) bond motifs is 1. The fourth-order valence-electron chi connectivity index (χ4n) is 1.23. The van der Waals surface area contributed by atoms with Gasteiger partial charge >= 0.3 is 0 Å². The number of H-pyrrole nitrogens is 1. The molecule has 0 unspecified atom stereocenters. The Kier molecular flexibility index (Phi) is 1.40. The maximum Gasteiger partial charge on any atom is 0.264 e. The second-order valence-electron chi connectivity index (χ2n) is 2.51. The van der Waals surface area contributed by atoms with Crippen LogP contribution in [-0.4, -0.2) is 17.3 Å². The zero-order valence-corrected chi connectivity index (χ0v) is 6.61. The summed E-state index contributed by atoms with van der Waals surface area (Å²) in [6, 6.07) is 1.90. The normalized spacial score (nSPS) is 10.4. The van der Waals surface area contributed by atoms with Crippen LogP contribution >= 0.6 is 0 Å². The van der Waals surface area contributed by atoms with Crippen molar-refractivity contribution < 1.29 is 14.7 Å². The number of rotatable bonds is 1. The predicted molar refractivity (Wildman–Crippen MR) is 42.2 cm³/mol. The molecule has 0 fully saturated rings. The summed E-state index contributed by atoms with van der Waals surface area (Å²) in [6.45, 7) is 0. The fraction of sp³-hybridized carbons (Fsp3) is 0.125. The number of nitrogens with zero attached hydrogens (tertiary/aromatic N) is 1. The molecule has 0 amide bonds. The highest BCUT2D eigenvalue weighted by Gasteiger charge is 2.09. The summed E-state index contributed by atoms with van der Waals surface area (Å²) < 4.78 is 6.04. The van der Waals surface area contributed by atoms with Gasteiger partial charge < -0.3 is 9.72 Å². The van der Waals surface area contributed by atoms with Crippen molar-refractivity contribution in [2.75, 3.05) is 7.11 Å². The van der Waals surface area contributed by atoms with Gasteiger partial charge in [0, 0.05) is 10.9 Å². The van der Waals surface area contributed by atoms with Crippen LogP contribution in [0.4, 0.5) is 0 Å². The Morgan fingerprint density at radius 3 is 3.08 bits per heavy atom. The van der Waals surface area contributed by atoms with Crippen LogP contribution in [0.1, 0.15) is 0 Å². The molecule has 0 aliphatic carbocycles. The lowest BCUT2D eigenvalue weighted by molar-refractivity contribution is -0.904. The van der Waals surface area contributed by atoms with E-state index in [0.717, 1.165) is 15.6 Å². The summed E-state index contributed by atoms with van der Waals surface area (Å²) in [5, 5.41) is 10.1. The van der Waals surface area contributed by atoms with Gasteiger partial charge in [0.15, 0.2) is 5.75 Å². The number of hydrogen-bond acceptors (Lipinski definition) is 2. The molecule has 4 nitrogen and oxygen atoms in total. The van der Waals surface area contributed by atoms with Gasteiger partial charge in [0.05, 0.1) is 12.5 Å². The monoisotopic (exact) mass is 165 g/mol. The second-order valence-corrected chi connectivity index (χ2v) is 2.51. The molecule has 2 aromatic heterocycles. The molecule has 2 heterocycles. The number of methoxy groups -OCH3 is 1. The number of aromatic nitrogens is 2. The summed E-state index contributed by atoms with van der Waals surface area (Å²) >= 11 is 0. The first kappa shape index (κ1) is 6.97. The van der Waals surface area contributed by atoms with Crippen LogP contribution in [-0.2, 0) is 0 Å². The lowest BCUT2D eigenvalue weighted by Crippen LogP contribution is -2.28. The van der Waals surface area contributed by atoms with Crippen molar-refractivity contribution in [3.05, 3.63) is 24.7 Å². The fourth-order valence-corrected chi connectivity index (χ4v) is 1.23. The smallest absolute Gasteiger partial charge is 0.264 e. The maximum atomic E-state index is 9.18. The molecule has 4 heteroatoms. The van der Waals surface area contributed by atoms with Crippen LogP contribution in [0.5, 0.6) is 5.75 Å². The van der Waals surface area contributed by atoms with Crippen molar-refractivity contribution >= 4 is 10.9 Å². The highest BCUT2D eigenvalue weighted by molar-refractivity contribution is 5.83. The second kappa shape index (κ2) is 2.41. The average molecular weight is 165 g/mol. The Morgan fingerprint density at radius 2 is 2.33 bits per heavy atom. The van der Waals surface area contributed by atoms with E-state index in [1.807, 2.05) is 6.07 Å². The zero-order chi connectivity index (χ0) is 8.55. The van der Waals surface area contributed by atoms with Crippen molar-refractivity contribution in [1.82, 2.24) is 4.98 Å². The van der Waals surface area contributed by atoms with E-state index in [4.69, 9.17) is 4.74 Å². The molecule has 0 saturated carbocycles. The van der Waals surface area contributed by atoms with E-state index < -0.39 is 0 Å². The number of pyridine rings is 1. The van der Waals surface area contributed by atoms with Crippen molar-refractivity contribution in [1.29, 1.82) is 0 Å². The largest absolute Gasteiger partial charge is 0.490 e. The predicted octanol–water partition coefficient (Wildman–Crippen LogP) is 0.701. The van der Waals surface area contributed by atoms with Crippen molar-refractivity contribution in [2.24, 2.45) is 0 Å². The van der Waals surface area contributed by atoms with Crippen LogP contribution < -0.4 is 9.47 Å². The van der Waals surface area contributed by atoms with Gasteiger partial charge in [0.1, 0.15) is 5.52 Å². The number of hydrogen-bond donors (Lipinski definition) is 2. The molecule has 0 aliphatic rings. The van der Waals surface area contributed by atoms with E-state index in [2.05, 4.69) is 4.98 Å². The quantitative estimate of drug-likeness (QED) is 0.482. The number of aromatic amines is 1. The molecule has 2 N–H and O–H groups in total. The molecule has 0 atom stereocenters. The molecular weight excluding hydrogens is 156 g/mol. The number of nitrogens with one attached hydrogen (secondary N) is 1. The lowest BCUT2D eigenvalue weighted by Gasteiger charge is -1.96. The van der Waals surface area contributed by atoms with Crippen LogP contribution in [0.25, 0.3) is 10.9 Å². The van der Waals surface area contributed by atoms with Gasteiger partial charge in [0.25, 0.3) is 6.20 Å². The van der Waals surface area contributed by atoms with Gasteiger partial charge in [-0.25, -0.2) is 0 Å². The summed E-state index contributed by atoms with van der Waals surface area (Å²) in [5.41, 5.74) is 0.844.